The van der Waals surface area contributed by atoms with Gasteiger partial charge in [-0.3, -0.25) is 9.59 Å². The van der Waals surface area contributed by atoms with Crippen molar-refractivity contribution in [2.24, 2.45) is 5.92 Å². The van der Waals surface area contributed by atoms with Crippen LogP contribution >= 0.6 is 0 Å². The third-order valence-electron chi connectivity index (χ3n) is 8.46. The summed E-state index contributed by atoms with van der Waals surface area (Å²) in [5.74, 6) is 0.855. The van der Waals surface area contributed by atoms with Crippen LogP contribution in [-0.4, -0.2) is 24.9 Å². The van der Waals surface area contributed by atoms with Crippen molar-refractivity contribution in [1.29, 1.82) is 0 Å². The van der Waals surface area contributed by atoms with E-state index in [1.54, 1.807) is 0 Å². The molecule has 0 aliphatic rings. The molecule has 238 valence electrons. The molecule has 0 spiro atoms. The van der Waals surface area contributed by atoms with Gasteiger partial charge < -0.3 is 10.6 Å². The Morgan fingerprint density at radius 3 is 1.00 bits per heavy atom. The Morgan fingerprint density at radius 2 is 0.700 bits per heavy atom. The minimum atomic E-state index is 0.189. The molecule has 0 fully saturated rings. The Bertz CT molecular complexity index is 493. The number of hydrogen-bond acceptors (Lipinski definition) is 2. The predicted octanol–water partition coefficient (Wildman–Crippen LogP) is 10.8. The zero-order valence-electron chi connectivity index (χ0n) is 27.6. The highest BCUT2D eigenvalue weighted by Crippen LogP contribution is 2.20. The summed E-state index contributed by atoms with van der Waals surface area (Å²) in [4.78, 5) is 24.6. The van der Waals surface area contributed by atoms with Crippen LogP contribution in [0.25, 0.3) is 0 Å². The highest BCUT2D eigenvalue weighted by atomic mass is 16.2. The zero-order valence-corrected chi connectivity index (χ0v) is 27.6. The highest BCUT2D eigenvalue weighted by Gasteiger charge is 2.13. The van der Waals surface area contributed by atoms with E-state index in [1.165, 1.54) is 128 Å². The van der Waals surface area contributed by atoms with Gasteiger partial charge in [-0.25, -0.2) is 0 Å². The Balaban J connectivity index is 3.64. The molecule has 0 aromatic heterocycles. The van der Waals surface area contributed by atoms with E-state index in [-0.39, 0.29) is 11.8 Å². The molecule has 0 radical (unpaired) electrons. The second-order valence-electron chi connectivity index (χ2n) is 12.5. The second kappa shape index (κ2) is 32.5. The first kappa shape index (κ1) is 38.9. The summed E-state index contributed by atoms with van der Waals surface area (Å²) in [6.07, 6.45) is 34.5. The number of unbranched alkanes of at least 4 members (excludes halogenated alkanes) is 20. The van der Waals surface area contributed by atoms with E-state index in [1.807, 2.05) is 0 Å². The van der Waals surface area contributed by atoms with E-state index in [4.69, 9.17) is 0 Å². The molecule has 0 bridgehead atoms. The topological polar surface area (TPSA) is 58.2 Å². The van der Waals surface area contributed by atoms with Gasteiger partial charge in [-0.05, 0) is 31.6 Å². The van der Waals surface area contributed by atoms with Crippen LogP contribution in [0.15, 0.2) is 0 Å². The summed E-state index contributed by atoms with van der Waals surface area (Å²) in [5.41, 5.74) is 0. The maximum atomic E-state index is 12.3. The molecule has 0 saturated carbocycles. The molecule has 2 amide bonds. The largest absolute Gasteiger partial charge is 0.356 e. The molecule has 0 atom stereocenters. The van der Waals surface area contributed by atoms with E-state index >= 15 is 0 Å². The Hall–Kier alpha value is -1.06. The maximum Gasteiger partial charge on any atom is 0.220 e. The lowest BCUT2D eigenvalue weighted by Gasteiger charge is -2.16. The first-order valence-corrected chi connectivity index (χ1v) is 18.2. The molecule has 0 aliphatic carbocycles. The molecule has 0 unspecified atom stereocenters. The summed E-state index contributed by atoms with van der Waals surface area (Å²) >= 11 is 0. The van der Waals surface area contributed by atoms with Gasteiger partial charge in [0.05, 0.1) is 0 Å². The number of rotatable bonds is 32. The van der Waals surface area contributed by atoms with Crippen molar-refractivity contribution in [2.45, 2.75) is 201 Å². The number of carbonyl (C=O) groups excluding carboxylic acids is 2. The van der Waals surface area contributed by atoms with Crippen molar-refractivity contribution in [3.8, 4) is 0 Å². The van der Waals surface area contributed by atoms with E-state index < -0.39 is 0 Å². The van der Waals surface area contributed by atoms with Crippen LogP contribution in [0.3, 0.4) is 0 Å². The normalized spacial score (nSPS) is 11.3. The van der Waals surface area contributed by atoms with Gasteiger partial charge in [-0.15, -0.1) is 0 Å². The molecule has 0 saturated heterocycles. The lowest BCUT2D eigenvalue weighted by molar-refractivity contribution is -0.121. The second-order valence-corrected chi connectivity index (χ2v) is 12.5. The quantitative estimate of drug-likeness (QED) is 0.0798. The van der Waals surface area contributed by atoms with Crippen molar-refractivity contribution in [3.05, 3.63) is 0 Å². The Kier molecular flexibility index (Phi) is 31.6. The van der Waals surface area contributed by atoms with Crippen molar-refractivity contribution in [1.82, 2.24) is 10.6 Å². The molecule has 2 N–H and O–H groups in total. The van der Waals surface area contributed by atoms with Crippen LogP contribution in [0.2, 0.25) is 0 Å². The number of amides is 2. The lowest BCUT2D eigenvalue weighted by Crippen LogP contribution is -2.26. The van der Waals surface area contributed by atoms with Crippen LogP contribution in [0, 0.1) is 5.92 Å². The third kappa shape index (κ3) is 29.9. The summed E-state index contributed by atoms with van der Waals surface area (Å²) in [6, 6.07) is 0. The van der Waals surface area contributed by atoms with Crippen LogP contribution in [0.5, 0.6) is 0 Å². The molecule has 0 aromatic carbocycles. The average Bonchev–Trinajstić information content (AvgIpc) is 2.95. The molecule has 4 heteroatoms. The molecule has 0 aromatic rings. The van der Waals surface area contributed by atoms with Crippen LogP contribution in [-0.2, 0) is 9.59 Å². The van der Waals surface area contributed by atoms with Gasteiger partial charge in [0.15, 0.2) is 0 Å². The van der Waals surface area contributed by atoms with Crippen LogP contribution < -0.4 is 10.6 Å². The molecule has 4 nitrogen and oxygen atoms in total. The summed E-state index contributed by atoms with van der Waals surface area (Å²) in [5, 5.41) is 6.25. The van der Waals surface area contributed by atoms with Crippen molar-refractivity contribution < 1.29 is 9.59 Å². The summed E-state index contributed by atoms with van der Waals surface area (Å²) in [7, 11) is 0. The van der Waals surface area contributed by atoms with Gasteiger partial charge in [0.2, 0.25) is 11.8 Å². The standard InChI is InChI=1S/C36H72N2O2/c1-4-7-9-11-13-15-17-19-21-23-25-32-37-35(39)30-28-34(27-6-3)29-31-36(40)38-33-26-24-22-20-18-16-14-12-10-8-5-2/h34H,4-33H2,1-3H3,(H,37,39)(H,38,40). The smallest absolute Gasteiger partial charge is 0.220 e. The first-order valence-electron chi connectivity index (χ1n) is 18.2. The highest BCUT2D eigenvalue weighted by molar-refractivity contribution is 5.76. The van der Waals surface area contributed by atoms with Gasteiger partial charge in [-0.1, -0.05) is 162 Å². The van der Waals surface area contributed by atoms with Crippen molar-refractivity contribution in [3.63, 3.8) is 0 Å². The Morgan fingerprint density at radius 1 is 0.400 bits per heavy atom. The molecular formula is C36H72N2O2. The van der Waals surface area contributed by atoms with Crippen molar-refractivity contribution >= 4 is 11.8 Å². The Labute approximate surface area is 251 Å². The molecule has 40 heavy (non-hydrogen) atoms. The van der Waals surface area contributed by atoms with E-state index in [0.717, 1.165) is 51.6 Å². The zero-order chi connectivity index (χ0) is 29.4. The fraction of sp³-hybridized carbons (Fsp3) is 0.944. The van der Waals surface area contributed by atoms with Gasteiger partial charge in [0.1, 0.15) is 0 Å². The minimum Gasteiger partial charge on any atom is -0.356 e. The number of hydrogen-bond donors (Lipinski definition) is 2. The van der Waals surface area contributed by atoms with Gasteiger partial charge in [0, 0.05) is 25.9 Å². The van der Waals surface area contributed by atoms with Crippen LogP contribution in [0.1, 0.15) is 201 Å². The molecular weight excluding hydrogens is 492 g/mol. The molecule has 0 aliphatic heterocycles. The maximum absolute atomic E-state index is 12.3. The SMILES string of the molecule is CCCCCCCCCCCCCNC(=O)CCC(CCC)CCC(=O)NCCCCCCCCCCCCC. The average molecular weight is 565 g/mol. The van der Waals surface area contributed by atoms with Crippen LogP contribution in [0.4, 0.5) is 0 Å². The molecule has 0 rings (SSSR count). The van der Waals surface area contributed by atoms with Gasteiger partial charge >= 0.3 is 0 Å². The number of carbonyl (C=O) groups is 2. The van der Waals surface area contributed by atoms with Gasteiger partial charge in [0.25, 0.3) is 0 Å². The van der Waals surface area contributed by atoms with Crippen molar-refractivity contribution in [2.75, 3.05) is 13.1 Å². The fourth-order valence-corrected chi connectivity index (χ4v) is 5.72. The lowest BCUT2D eigenvalue weighted by atomic mass is 9.92. The third-order valence-corrected chi connectivity index (χ3v) is 8.46. The van der Waals surface area contributed by atoms with E-state index in [0.29, 0.717) is 18.8 Å². The number of nitrogens with one attached hydrogen (secondary N) is 2. The monoisotopic (exact) mass is 565 g/mol. The van der Waals surface area contributed by atoms with Gasteiger partial charge in [-0.2, -0.15) is 0 Å². The first-order chi connectivity index (χ1) is 19.6. The predicted molar refractivity (Wildman–Crippen MR) is 176 cm³/mol. The summed E-state index contributed by atoms with van der Waals surface area (Å²) in [6.45, 7) is 8.38. The minimum absolute atomic E-state index is 0.189. The summed E-state index contributed by atoms with van der Waals surface area (Å²) < 4.78 is 0. The molecule has 0 heterocycles. The fourth-order valence-electron chi connectivity index (χ4n) is 5.72. The van der Waals surface area contributed by atoms with E-state index in [9.17, 15) is 9.59 Å². The van der Waals surface area contributed by atoms with E-state index in [2.05, 4.69) is 31.4 Å².